The molecule has 0 amide bonds. The molecular weight excluding hydrogens is 244 g/mol. The van der Waals surface area contributed by atoms with Gasteiger partial charge in [0.15, 0.2) is 0 Å². The van der Waals surface area contributed by atoms with Gasteiger partial charge in [0.2, 0.25) is 0 Å². The normalized spacial score (nSPS) is 12.6. The summed E-state index contributed by atoms with van der Waals surface area (Å²) in [5.41, 5.74) is 10.1. The third-order valence-corrected chi connectivity index (χ3v) is 3.64. The number of rotatable bonds is 6. The Bertz CT molecular complexity index is 503. The lowest BCUT2D eigenvalue weighted by Crippen LogP contribution is -2.23. The van der Waals surface area contributed by atoms with E-state index in [0.29, 0.717) is 5.92 Å². The minimum Gasteiger partial charge on any atom is -0.327 e. The van der Waals surface area contributed by atoms with E-state index in [0.717, 1.165) is 25.0 Å². The largest absolute Gasteiger partial charge is 0.327 e. The summed E-state index contributed by atoms with van der Waals surface area (Å²) in [4.78, 5) is 4.33. The van der Waals surface area contributed by atoms with Crippen molar-refractivity contribution in [1.29, 1.82) is 0 Å². The van der Waals surface area contributed by atoms with Gasteiger partial charge in [-0.1, -0.05) is 44.2 Å². The molecule has 0 radical (unpaired) electrons. The van der Waals surface area contributed by atoms with Crippen molar-refractivity contribution in [1.82, 2.24) is 4.98 Å². The maximum absolute atomic E-state index is 6.22. The van der Waals surface area contributed by atoms with E-state index in [-0.39, 0.29) is 6.04 Å². The molecule has 1 aromatic carbocycles. The number of aromatic nitrogens is 1. The highest BCUT2D eigenvalue weighted by molar-refractivity contribution is 5.25. The lowest BCUT2D eigenvalue weighted by molar-refractivity contribution is 0.605. The van der Waals surface area contributed by atoms with Crippen LogP contribution in [0.3, 0.4) is 0 Å². The van der Waals surface area contributed by atoms with Gasteiger partial charge >= 0.3 is 0 Å². The average Bonchev–Trinajstić information content (AvgIpc) is 2.47. The fourth-order valence-corrected chi connectivity index (χ4v) is 2.32. The maximum atomic E-state index is 6.22. The molecule has 0 fully saturated rings. The summed E-state index contributed by atoms with van der Waals surface area (Å²) in [5, 5.41) is 0. The van der Waals surface area contributed by atoms with Crippen molar-refractivity contribution in [3.63, 3.8) is 0 Å². The van der Waals surface area contributed by atoms with Gasteiger partial charge in [0.1, 0.15) is 0 Å². The average molecular weight is 268 g/mol. The Morgan fingerprint density at radius 2 is 1.80 bits per heavy atom. The first kappa shape index (κ1) is 14.7. The summed E-state index contributed by atoms with van der Waals surface area (Å²) in [6, 6.07) is 15.1. The zero-order valence-electron chi connectivity index (χ0n) is 12.4. The van der Waals surface area contributed by atoms with Crippen LogP contribution in [0, 0.1) is 0 Å². The Hall–Kier alpha value is -1.67. The molecule has 1 aromatic heterocycles. The van der Waals surface area contributed by atoms with Gasteiger partial charge in [0.25, 0.3) is 0 Å². The lowest BCUT2D eigenvalue weighted by atomic mass is 9.97. The van der Waals surface area contributed by atoms with Crippen molar-refractivity contribution >= 4 is 0 Å². The molecule has 0 aliphatic heterocycles. The molecule has 2 nitrogen and oxygen atoms in total. The van der Waals surface area contributed by atoms with Crippen LogP contribution in [-0.4, -0.2) is 11.0 Å². The minimum absolute atomic E-state index is 0.196. The highest BCUT2D eigenvalue weighted by atomic mass is 14.7. The van der Waals surface area contributed by atoms with Crippen LogP contribution in [0.5, 0.6) is 0 Å². The van der Waals surface area contributed by atoms with E-state index in [9.17, 15) is 0 Å². The van der Waals surface area contributed by atoms with E-state index in [1.165, 1.54) is 11.1 Å². The van der Waals surface area contributed by atoms with E-state index >= 15 is 0 Å². The van der Waals surface area contributed by atoms with Gasteiger partial charge in [-0.3, -0.25) is 4.98 Å². The summed E-state index contributed by atoms with van der Waals surface area (Å²) in [6.07, 6.45) is 4.70. The van der Waals surface area contributed by atoms with Crippen molar-refractivity contribution in [2.75, 3.05) is 0 Å². The van der Waals surface area contributed by atoms with Crippen LogP contribution in [0.15, 0.2) is 48.7 Å². The van der Waals surface area contributed by atoms with Crippen LogP contribution in [0.1, 0.15) is 43.0 Å². The second-order valence-electron chi connectivity index (χ2n) is 5.72. The molecule has 0 aliphatic carbocycles. The highest BCUT2D eigenvalue weighted by Gasteiger charge is 2.06. The van der Waals surface area contributed by atoms with Crippen molar-refractivity contribution in [2.45, 2.75) is 45.1 Å². The zero-order valence-corrected chi connectivity index (χ0v) is 12.4. The van der Waals surface area contributed by atoms with Crippen LogP contribution in [0.4, 0.5) is 0 Å². The maximum Gasteiger partial charge on any atom is 0.0404 e. The Morgan fingerprint density at radius 3 is 2.40 bits per heavy atom. The van der Waals surface area contributed by atoms with Gasteiger partial charge in [-0.15, -0.1) is 0 Å². The Balaban J connectivity index is 1.83. The molecule has 1 heterocycles. The van der Waals surface area contributed by atoms with Crippen LogP contribution < -0.4 is 5.73 Å². The van der Waals surface area contributed by atoms with E-state index < -0.39 is 0 Å². The summed E-state index contributed by atoms with van der Waals surface area (Å²) in [6.45, 7) is 4.43. The van der Waals surface area contributed by atoms with Crippen molar-refractivity contribution < 1.29 is 0 Å². The second-order valence-corrected chi connectivity index (χ2v) is 5.72. The van der Waals surface area contributed by atoms with Crippen molar-refractivity contribution in [3.05, 3.63) is 65.5 Å². The van der Waals surface area contributed by atoms with Gasteiger partial charge in [-0.05, 0) is 48.4 Å². The fraction of sp³-hybridized carbons (Fsp3) is 0.389. The third kappa shape index (κ3) is 4.46. The molecule has 0 aliphatic rings. The third-order valence-electron chi connectivity index (χ3n) is 3.64. The van der Waals surface area contributed by atoms with Gasteiger partial charge in [0, 0.05) is 17.9 Å². The first-order valence-electron chi connectivity index (χ1n) is 7.39. The van der Waals surface area contributed by atoms with Gasteiger partial charge in [-0.2, -0.15) is 0 Å². The number of aryl methyl sites for hydroxylation is 1. The summed E-state index contributed by atoms with van der Waals surface area (Å²) < 4.78 is 0. The van der Waals surface area contributed by atoms with E-state index in [1.807, 2.05) is 18.3 Å². The topological polar surface area (TPSA) is 38.9 Å². The van der Waals surface area contributed by atoms with Crippen molar-refractivity contribution in [3.8, 4) is 0 Å². The molecule has 0 saturated carbocycles. The molecule has 0 bridgehead atoms. The summed E-state index contributed by atoms with van der Waals surface area (Å²) in [7, 11) is 0. The molecule has 0 saturated heterocycles. The molecule has 0 spiro atoms. The van der Waals surface area contributed by atoms with E-state index in [1.54, 1.807) is 0 Å². The Labute approximate surface area is 122 Å². The molecule has 106 valence electrons. The molecule has 2 aromatic rings. The quantitative estimate of drug-likeness (QED) is 0.867. The second kappa shape index (κ2) is 7.20. The zero-order chi connectivity index (χ0) is 14.4. The molecule has 1 atom stereocenters. The van der Waals surface area contributed by atoms with Crippen LogP contribution >= 0.6 is 0 Å². The summed E-state index contributed by atoms with van der Waals surface area (Å²) in [5.74, 6) is 0.585. The Kier molecular flexibility index (Phi) is 5.31. The first-order chi connectivity index (χ1) is 9.65. The smallest absolute Gasteiger partial charge is 0.0404 e. The number of pyridine rings is 1. The Morgan fingerprint density at radius 1 is 1.05 bits per heavy atom. The number of hydrogen-bond acceptors (Lipinski definition) is 2. The molecule has 20 heavy (non-hydrogen) atoms. The van der Waals surface area contributed by atoms with Crippen LogP contribution in [-0.2, 0) is 12.8 Å². The highest BCUT2D eigenvalue weighted by Crippen LogP contribution is 2.16. The molecule has 1 unspecified atom stereocenters. The molecule has 2 N–H and O–H groups in total. The first-order valence-corrected chi connectivity index (χ1v) is 7.39. The van der Waals surface area contributed by atoms with Crippen LogP contribution in [0.2, 0.25) is 0 Å². The molecular formula is C18H24N2. The van der Waals surface area contributed by atoms with Gasteiger partial charge < -0.3 is 5.73 Å². The van der Waals surface area contributed by atoms with Crippen molar-refractivity contribution in [2.24, 2.45) is 5.73 Å². The van der Waals surface area contributed by atoms with Gasteiger partial charge in [0.05, 0.1) is 0 Å². The number of benzene rings is 1. The van der Waals surface area contributed by atoms with E-state index in [2.05, 4.69) is 49.2 Å². The molecule has 2 rings (SSSR count). The summed E-state index contributed by atoms with van der Waals surface area (Å²) >= 11 is 0. The monoisotopic (exact) mass is 268 g/mol. The van der Waals surface area contributed by atoms with Crippen LogP contribution in [0.25, 0.3) is 0 Å². The predicted octanol–water partition coefficient (Wildman–Crippen LogP) is 3.71. The predicted molar refractivity (Wildman–Crippen MR) is 84.8 cm³/mol. The van der Waals surface area contributed by atoms with Gasteiger partial charge in [-0.25, -0.2) is 0 Å². The SMILES string of the molecule is CC(C)c1ccc(CC(N)CCc2ccccn2)cc1. The lowest BCUT2D eigenvalue weighted by Gasteiger charge is -2.12. The fourth-order valence-electron chi connectivity index (χ4n) is 2.32. The number of nitrogens with zero attached hydrogens (tertiary/aromatic N) is 1. The molecule has 2 heteroatoms. The number of nitrogens with two attached hydrogens (primary N) is 1. The standard InChI is InChI=1S/C18H24N2/c1-14(2)16-8-6-15(7-9-16)13-17(19)10-11-18-5-3-4-12-20-18/h3-9,12,14,17H,10-11,13,19H2,1-2H3. The van der Waals surface area contributed by atoms with E-state index in [4.69, 9.17) is 5.73 Å². The minimum atomic E-state index is 0.196. The number of hydrogen-bond donors (Lipinski definition) is 1.